The zero-order chi connectivity index (χ0) is 15.5. The first-order valence-corrected chi connectivity index (χ1v) is 9.24. The van der Waals surface area contributed by atoms with Crippen LogP contribution in [-0.2, 0) is 4.43 Å². The van der Waals surface area contributed by atoms with E-state index in [2.05, 4.69) is 42.9 Å². The van der Waals surface area contributed by atoms with Crippen molar-refractivity contribution in [3.8, 4) is 10.7 Å². The van der Waals surface area contributed by atoms with Gasteiger partial charge in [-0.15, -0.1) is 11.3 Å². The number of nitrogens with zero attached hydrogens (tertiary/aromatic N) is 3. The number of halogens is 2. The third kappa shape index (κ3) is 3.74. The Balaban J connectivity index is 1.88. The van der Waals surface area contributed by atoms with E-state index in [1.54, 1.807) is 17.5 Å². The fourth-order valence-corrected chi connectivity index (χ4v) is 3.37. The van der Waals surface area contributed by atoms with Crippen LogP contribution in [0.4, 0.5) is 11.6 Å². The molecule has 0 unspecified atom stereocenters. The van der Waals surface area contributed by atoms with E-state index in [-0.39, 0.29) is 0 Å². The lowest BCUT2D eigenvalue weighted by molar-refractivity contribution is 1.16. The second-order valence-corrected chi connectivity index (χ2v) is 7.08. The molecule has 7 heteroatoms. The van der Waals surface area contributed by atoms with Gasteiger partial charge < -0.3 is 5.32 Å². The number of aryl methyl sites for hydroxylation is 1. The molecule has 0 saturated carbocycles. The van der Waals surface area contributed by atoms with Crippen LogP contribution >= 0.6 is 45.5 Å². The predicted molar refractivity (Wildman–Crippen MR) is 100 cm³/mol. The number of anilines is 2. The van der Waals surface area contributed by atoms with Crippen LogP contribution in [0, 0.1) is 6.92 Å². The third-order valence-electron chi connectivity index (χ3n) is 2.86. The smallest absolute Gasteiger partial charge is 0.227 e. The highest BCUT2D eigenvalue weighted by Crippen LogP contribution is 2.25. The summed E-state index contributed by atoms with van der Waals surface area (Å²) in [5.41, 5.74) is 2.85. The molecule has 3 rings (SSSR count). The van der Waals surface area contributed by atoms with Gasteiger partial charge in [0, 0.05) is 32.4 Å². The van der Waals surface area contributed by atoms with Crippen LogP contribution < -0.4 is 5.32 Å². The number of alkyl halides is 1. The van der Waals surface area contributed by atoms with E-state index < -0.39 is 0 Å². The van der Waals surface area contributed by atoms with Crippen LogP contribution in [0.3, 0.4) is 0 Å². The minimum Gasteiger partial charge on any atom is -0.324 e. The normalized spacial score (nSPS) is 10.7. The number of hydrogen-bond acceptors (Lipinski definition) is 5. The maximum absolute atomic E-state index is 6.13. The molecule has 0 fully saturated rings. The van der Waals surface area contributed by atoms with Gasteiger partial charge in [-0.05, 0) is 36.8 Å². The van der Waals surface area contributed by atoms with E-state index in [0.29, 0.717) is 11.0 Å². The number of thiazole rings is 1. The summed E-state index contributed by atoms with van der Waals surface area (Å²) in [6.07, 6.45) is 3.57. The summed E-state index contributed by atoms with van der Waals surface area (Å²) in [5.74, 6) is 0.534. The molecule has 0 saturated heterocycles. The van der Waals surface area contributed by atoms with Gasteiger partial charge in [-0.1, -0.05) is 34.2 Å². The van der Waals surface area contributed by atoms with Crippen molar-refractivity contribution in [1.82, 2.24) is 15.0 Å². The first-order chi connectivity index (χ1) is 10.6. The van der Waals surface area contributed by atoms with Gasteiger partial charge in [-0.25, -0.2) is 15.0 Å². The molecule has 0 aliphatic rings. The van der Waals surface area contributed by atoms with Crippen LogP contribution in [0.25, 0.3) is 10.7 Å². The molecule has 112 valence electrons. The Hall–Kier alpha value is -1.25. The molecule has 1 N–H and O–H groups in total. The Morgan fingerprint density at radius 3 is 2.86 bits per heavy atom. The lowest BCUT2D eigenvalue weighted by Gasteiger charge is -2.07. The average Bonchev–Trinajstić information content (AvgIpc) is 2.93. The predicted octanol–water partition coefficient (Wildman–Crippen LogP) is 5.24. The number of hydrogen-bond donors (Lipinski definition) is 1. The van der Waals surface area contributed by atoms with E-state index in [9.17, 15) is 0 Å². The summed E-state index contributed by atoms with van der Waals surface area (Å²) in [7, 11) is 0. The number of rotatable bonds is 4. The van der Waals surface area contributed by atoms with Crippen molar-refractivity contribution in [1.29, 1.82) is 0 Å². The molecule has 2 heterocycles. The minimum absolute atomic E-state index is 0.534. The zero-order valence-corrected chi connectivity index (χ0v) is 15.4. The summed E-state index contributed by atoms with van der Waals surface area (Å²) in [4.78, 5) is 14.3. The van der Waals surface area contributed by atoms with Gasteiger partial charge >= 0.3 is 0 Å². The zero-order valence-electron chi connectivity index (χ0n) is 11.7. The fraction of sp³-hybridized carbons (Fsp3) is 0.133. The average molecular weight is 443 g/mol. The van der Waals surface area contributed by atoms with Crippen molar-refractivity contribution >= 4 is 57.2 Å². The number of aromatic nitrogens is 3. The van der Waals surface area contributed by atoms with E-state index in [1.165, 1.54) is 0 Å². The van der Waals surface area contributed by atoms with Crippen molar-refractivity contribution in [2.75, 3.05) is 5.32 Å². The van der Waals surface area contributed by atoms with Crippen molar-refractivity contribution in [3.63, 3.8) is 0 Å². The summed E-state index contributed by atoms with van der Waals surface area (Å²) in [5, 5.41) is 4.79. The van der Waals surface area contributed by atoms with E-state index >= 15 is 0 Å². The van der Waals surface area contributed by atoms with E-state index in [0.717, 1.165) is 31.3 Å². The van der Waals surface area contributed by atoms with Crippen LogP contribution in [0.2, 0.25) is 5.02 Å². The molecule has 0 aliphatic heterocycles. The molecule has 1 aromatic carbocycles. The Morgan fingerprint density at radius 2 is 2.14 bits per heavy atom. The molecule has 4 nitrogen and oxygen atoms in total. The summed E-state index contributed by atoms with van der Waals surface area (Å²) in [6.45, 7) is 2.03. The van der Waals surface area contributed by atoms with Gasteiger partial charge in [-0.3, -0.25) is 0 Å². The number of benzene rings is 1. The lowest BCUT2D eigenvalue weighted by atomic mass is 10.2. The highest BCUT2D eigenvalue weighted by atomic mass is 127. The van der Waals surface area contributed by atoms with Gasteiger partial charge in [-0.2, -0.15) is 0 Å². The SMILES string of the molecule is Cc1cnc(-c2ccnc(Nc3cc(Cl)cc(CI)c3)n2)s1. The van der Waals surface area contributed by atoms with E-state index in [1.807, 2.05) is 37.4 Å². The molecule has 0 bridgehead atoms. The van der Waals surface area contributed by atoms with Gasteiger partial charge in [0.1, 0.15) is 10.7 Å². The minimum atomic E-state index is 0.534. The van der Waals surface area contributed by atoms with E-state index in [4.69, 9.17) is 11.6 Å². The lowest BCUT2D eigenvalue weighted by Crippen LogP contribution is -1.98. The first kappa shape index (κ1) is 15.6. The topological polar surface area (TPSA) is 50.7 Å². The maximum Gasteiger partial charge on any atom is 0.227 e. The van der Waals surface area contributed by atoms with Gasteiger partial charge in [0.2, 0.25) is 5.95 Å². The second-order valence-electron chi connectivity index (χ2n) is 4.65. The quantitative estimate of drug-likeness (QED) is 0.443. The van der Waals surface area contributed by atoms with Gasteiger partial charge in [0.05, 0.1) is 0 Å². The molecule has 0 atom stereocenters. The highest BCUT2D eigenvalue weighted by Gasteiger charge is 2.07. The molecule has 3 aromatic rings. The Kier molecular flexibility index (Phi) is 4.90. The second kappa shape index (κ2) is 6.89. The maximum atomic E-state index is 6.13. The third-order valence-corrected chi connectivity index (χ3v) is 4.90. The van der Waals surface area contributed by atoms with Crippen molar-refractivity contribution in [2.45, 2.75) is 11.4 Å². The standard InChI is InChI=1S/C15H12ClIN4S/c1-9-8-19-14(22-9)13-2-3-18-15(21-13)20-12-5-10(7-17)4-11(16)6-12/h2-6,8H,7H2,1H3,(H,18,20,21). The molecular formula is C15H12ClIN4S. The summed E-state index contributed by atoms with van der Waals surface area (Å²) >= 11 is 10.1. The Bertz CT molecular complexity index is 806. The van der Waals surface area contributed by atoms with Crippen molar-refractivity contribution in [2.24, 2.45) is 0 Å². The molecule has 2 aromatic heterocycles. The van der Waals surface area contributed by atoms with Crippen LogP contribution in [0.5, 0.6) is 0 Å². The van der Waals surface area contributed by atoms with Crippen LogP contribution in [-0.4, -0.2) is 15.0 Å². The summed E-state index contributed by atoms with van der Waals surface area (Å²) in [6, 6.07) is 7.72. The van der Waals surface area contributed by atoms with Gasteiger partial charge in [0.25, 0.3) is 0 Å². The molecule has 0 radical (unpaired) electrons. The Labute approximate surface area is 151 Å². The monoisotopic (exact) mass is 442 g/mol. The molecule has 22 heavy (non-hydrogen) atoms. The highest BCUT2D eigenvalue weighted by molar-refractivity contribution is 14.1. The van der Waals surface area contributed by atoms with Crippen LogP contribution in [0.1, 0.15) is 10.4 Å². The van der Waals surface area contributed by atoms with Gasteiger partial charge in [0.15, 0.2) is 0 Å². The molecular weight excluding hydrogens is 431 g/mol. The van der Waals surface area contributed by atoms with Crippen molar-refractivity contribution in [3.05, 3.63) is 52.1 Å². The molecule has 0 aliphatic carbocycles. The van der Waals surface area contributed by atoms with Crippen LogP contribution in [0.15, 0.2) is 36.7 Å². The Morgan fingerprint density at radius 1 is 1.27 bits per heavy atom. The first-order valence-electron chi connectivity index (χ1n) is 6.52. The molecule has 0 amide bonds. The number of nitrogens with one attached hydrogen (secondary N) is 1. The van der Waals surface area contributed by atoms with Crippen molar-refractivity contribution < 1.29 is 0 Å². The summed E-state index contributed by atoms with van der Waals surface area (Å²) < 4.78 is 0.895. The molecule has 0 spiro atoms. The fourth-order valence-electron chi connectivity index (χ4n) is 1.94. The largest absolute Gasteiger partial charge is 0.324 e.